The van der Waals surface area contributed by atoms with Crippen LogP contribution in [-0.2, 0) is 13.2 Å². The number of benzene rings is 1. The van der Waals surface area contributed by atoms with Gasteiger partial charge in [0.05, 0.1) is 0 Å². The maximum absolute atomic E-state index is 5.89. The lowest BCUT2D eigenvalue weighted by Gasteiger charge is -2.05. The van der Waals surface area contributed by atoms with Crippen LogP contribution in [0.2, 0.25) is 5.02 Å². The zero-order chi connectivity index (χ0) is 12.3. The minimum atomic E-state index is 0.558. The van der Waals surface area contributed by atoms with E-state index in [1.807, 2.05) is 24.3 Å². The van der Waals surface area contributed by atoms with E-state index in [0.29, 0.717) is 18.2 Å². The molecule has 1 aromatic carbocycles. The summed E-state index contributed by atoms with van der Waals surface area (Å²) in [5.74, 6) is 0.789. The van der Waals surface area contributed by atoms with Crippen LogP contribution in [0.25, 0.3) is 0 Å². The van der Waals surface area contributed by atoms with Crippen LogP contribution >= 0.6 is 22.9 Å². The smallest absolute Gasteiger partial charge is 0.121 e. The van der Waals surface area contributed by atoms with Crippen molar-refractivity contribution in [1.82, 2.24) is 0 Å². The molecule has 0 fully saturated rings. The molecule has 4 heteroatoms. The molecule has 90 valence electrons. The van der Waals surface area contributed by atoms with E-state index in [0.717, 1.165) is 5.75 Å². The second-order valence-electron chi connectivity index (χ2n) is 3.74. The number of hydrogen-bond donors (Lipinski definition) is 1. The summed E-state index contributed by atoms with van der Waals surface area (Å²) in [6, 6.07) is 9.52. The van der Waals surface area contributed by atoms with Gasteiger partial charge in [-0.1, -0.05) is 17.7 Å². The first-order valence-electron chi connectivity index (χ1n) is 5.35. The van der Waals surface area contributed by atoms with Gasteiger partial charge in [0.15, 0.2) is 0 Å². The van der Waals surface area contributed by atoms with Crippen molar-refractivity contribution < 1.29 is 4.74 Å². The Morgan fingerprint density at radius 3 is 2.82 bits per heavy atom. The number of rotatable bonds is 4. The second-order valence-corrected chi connectivity index (χ2v) is 5.52. The van der Waals surface area contributed by atoms with Gasteiger partial charge in [0.2, 0.25) is 0 Å². The molecule has 1 aromatic heterocycles. The quantitative estimate of drug-likeness (QED) is 0.916. The predicted molar refractivity (Wildman–Crippen MR) is 72.7 cm³/mol. The van der Waals surface area contributed by atoms with Crippen molar-refractivity contribution in [2.75, 3.05) is 0 Å². The summed E-state index contributed by atoms with van der Waals surface area (Å²) >= 11 is 7.61. The number of nitrogens with two attached hydrogens (primary N) is 1. The first-order valence-corrected chi connectivity index (χ1v) is 6.55. The Labute approximate surface area is 110 Å². The molecule has 0 bridgehead atoms. The van der Waals surface area contributed by atoms with Crippen molar-refractivity contribution in [2.45, 2.75) is 20.1 Å². The van der Waals surface area contributed by atoms with Crippen molar-refractivity contribution in [3.8, 4) is 5.75 Å². The molecule has 0 aliphatic rings. The van der Waals surface area contributed by atoms with Crippen LogP contribution in [0, 0.1) is 6.92 Å². The van der Waals surface area contributed by atoms with Crippen molar-refractivity contribution in [3.05, 3.63) is 50.7 Å². The van der Waals surface area contributed by atoms with Crippen LogP contribution in [0.15, 0.2) is 30.3 Å². The molecule has 0 saturated carbocycles. The number of ether oxygens (including phenoxy) is 1. The Morgan fingerprint density at radius 1 is 1.35 bits per heavy atom. The van der Waals surface area contributed by atoms with E-state index in [9.17, 15) is 0 Å². The highest BCUT2D eigenvalue weighted by atomic mass is 35.5. The molecule has 0 aliphatic heterocycles. The number of halogens is 1. The zero-order valence-corrected chi connectivity index (χ0v) is 11.1. The van der Waals surface area contributed by atoms with E-state index < -0.39 is 0 Å². The predicted octanol–water partition coefficient (Wildman–Crippen LogP) is 3.75. The van der Waals surface area contributed by atoms with Crippen LogP contribution in [-0.4, -0.2) is 0 Å². The van der Waals surface area contributed by atoms with Crippen molar-refractivity contribution in [1.29, 1.82) is 0 Å². The van der Waals surface area contributed by atoms with Crippen molar-refractivity contribution in [3.63, 3.8) is 0 Å². The topological polar surface area (TPSA) is 35.2 Å². The highest BCUT2D eigenvalue weighted by Crippen LogP contribution is 2.24. The Balaban J connectivity index is 2.04. The molecule has 2 aromatic rings. The standard InChI is InChI=1S/C13H14ClNOS/c1-9-10(5-13(7-15)17-9)8-16-12-4-2-3-11(14)6-12/h2-6H,7-8,15H2,1H3. The van der Waals surface area contributed by atoms with Crippen LogP contribution in [0.1, 0.15) is 15.3 Å². The molecule has 0 atom stereocenters. The molecular formula is C13H14ClNOS. The van der Waals surface area contributed by atoms with Crippen LogP contribution in [0.4, 0.5) is 0 Å². The highest BCUT2D eigenvalue weighted by Gasteiger charge is 2.05. The molecule has 2 rings (SSSR count). The van der Waals surface area contributed by atoms with Gasteiger partial charge in [0, 0.05) is 26.9 Å². The fourth-order valence-corrected chi connectivity index (χ4v) is 2.66. The summed E-state index contributed by atoms with van der Waals surface area (Å²) in [6.45, 7) is 3.23. The van der Waals surface area contributed by atoms with Crippen LogP contribution in [0.3, 0.4) is 0 Å². The van der Waals surface area contributed by atoms with Gasteiger partial charge in [-0.25, -0.2) is 0 Å². The molecule has 1 heterocycles. The lowest BCUT2D eigenvalue weighted by molar-refractivity contribution is 0.306. The van der Waals surface area contributed by atoms with E-state index in [2.05, 4.69) is 13.0 Å². The number of aryl methyl sites for hydroxylation is 1. The third-order valence-electron chi connectivity index (χ3n) is 2.46. The van der Waals surface area contributed by atoms with Gasteiger partial charge in [0.1, 0.15) is 12.4 Å². The van der Waals surface area contributed by atoms with Gasteiger partial charge in [-0.15, -0.1) is 11.3 Å². The fraction of sp³-hybridized carbons (Fsp3) is 0.231. The molecule has 2 N–H and O–H groups in total. The average Bonchev–Trinajstić information content (AvgIpc) is 2.68. The minimum Gasteiger partial charge on any atom is -0.489 e. The van der Waals surface area contributed by atoms with Crippen LogP contribution in [0.5, 0.6) is 5.75 Å². The fourth-order valence-electron chi connectivity index (χ4n) is 1.55. The van der Waals surface area contributed by atoms with Gasteiger partial charge < -0.3 is 10.5 Å². The van der Waals surface area contributed by atoms with Gasteiger partial charge in [-0.2, -0.15) is 0 Å². The second kappa shape index (κ2) is 5.54. The van der Waals surface area contributed by atoms with Gasteiger partial charge in [-0.05, 0) is 31.2 Å². The Kier molecular flexibility index (Phi) is 4.05. The Hall–Kier alpha value is -1.03. The van der Waals surface area contributed by atoms with E-state index in [1.54, 1.807) is 11.3 Å². The zero-order valence-electron chi connectivity index (χ0n) is 9.57. The molecule has 0 radical (unpaired) electrons. The number of thiophene rings is 1. The SMILES string of the molecule is Cc1sc(CN)cc1COc1cccc(Cl)c1. The maximum atomic E-state index is 5.89. The van der Waals surface area contributed by atoms with Crippen LogP contribution < -0.4 is 10.5 Å². The summed E-state index contributed by atoms with van der Waals surface area (Å²) in [4.78, 5) is 2.44. The van der Waals surface area contributed by atoms with Gasteiger partial charge in [0.25, 0.3) is 0 Å². The maximum Gasteiger partial charge on any atom is 0.121 e. The van der Waals surface area contributed by atoms with Gasteiger partial charge >= 0.3 is 0 Å². The molecule has 17 heavy (non-hydrogen) atoms. The number of hydrogen-bond acceptors (Lipinski definition) is 3. The summed E-state index contributed by atoms with van der Waals surface area (Å²) in [7, 11) is 0. The van der Waals surface area contributed by atoms with Crippen molar-refractivity contribution >= 4 is 22.9 Å². The largest absolute Gasteiger partial charge is 0.489 e. The highest BCUT2D eigenvalue weighted by molar-refractivity contribution is 7.12. The molecule has 2 nitrogen and oxygen atoms in total. The Bertz CT molecular complexity index is 510. The molecule has 0 aliphatic carbocycles. The molecular weight excluding hydrogens is 254 g/mol. The van der Waals surface area contributed by atoms with E-state index >= 15 is 0 Å². The normalized spacial score (nSPS) is 10.5. The summed E-state index contributed by atoms with van der Waals surface area (Å²) in [5, 5.41) is 0.687. The van der Waals surface area contributed by atoms with Gasteiger partial charge in [-0.3, -0.25) is 0 Å². The molecule has 0 unspecified atom stereocenters. The first-order chi connectivity index (χ1) is 8.19. The third-order valence-corrected chi connectivity index (χ3v) is 3.81. The average molecular weight is 268 g/mol. The minimum absolute atomic E-state index is 0.558. The molecule has 0 amide bonds. The summed E-state index contributed by atoms with van der Waals surface area (Å²) in [6.07, 6.45) is 0. The van der Waals surface area contributed by atoms with E-state index in [1.165, 1.54) is 15.3 Å². The molecule has 0 saturated heterocycles. The first kappa shape index (κ1) is 12.4. The lowest BCUT2D eigenvalue weighted by Crippen LogP contribution is -1.96. The summed E-state index contributed by atoms with van der Waals surface area (Å²) in [5.41, 5.74) is 6.80. The summed E-state index contributed by atoms with van der Waals surface area (Å²) < 4.78 is 5.69. The monoisotopic (exact) mass is 267 g/mol. The third kappa shape index (κ3) is 3.22. The Morgan fingerprint density at radius 2 is 2.18 bits per heavy atom. The van der Waals surface area contributed by atoms with E-state index in [-0.39, 0.29) is 0 Å². The van der Waals surface area contributed by atoms with E-state index in [4.69, 9.17) is 22.1 Å². The lowest BCUT2D eigenvalue weighted by atomic mass is 10.2. The molecule has 0 spiro atoms. The van der Waals surface area contributed by atoms with Crippen molar-refractivity contribution in [2.24, 2.45) is 5.73 Å².